The van der Waals surface area contributed by atoms with Gasteiger partial charge in [-0.15, -0.1) is 0 Å². The van der Waals surface area contributed by atoms with Crippen molar-refractivity contribution in [2.75, 3.05) is 7.11 Å². The van der Waals surface area contributed by atoms with Crippen molar-refractivity contribution in [1.82, 2.24) is 5.32 Å². The van der Waals surface area contributed by atoms with Gasteiger partial charge in [-0.25, -0.2) is 14.4 Å². The lowest BCUT2D eigenvalue weighted by Crippen LogP contribution is -2.35. The number of hydrogen-bond acceptors (Lipinski definition) is 6. The summed E-state index contributed by atoms with van der Waals surface area (Å²) in [6.07, 6.45) is -0.875. The summed E-state index contributed by atoms with van der Waals surface area (Å²) in [7, 11) is 1.20. The van der Waals surface area contributed by atoms with Gasteiger partial charge in [0.25, 0.3) is 0 Å². The van der Waals surface area contributed by atoms with Crippen molar-refractivity contribution in [2.24, 2.45) is 0 Å². The smallest absolute Gasteiger partial charge is 0.347 e. The van der Waals surface area contributed by atoms with E-state index in [9.17, 15) is 19.5 Å². The highest BCUT2D eigenvalue weighted by molar-refractivity contribution is 6.31. The van der Waals surface area contributed by atoms with Crippen molar-refractivity contribution >= 4 is 29.5 Å². The molecule has 1 aromatic rings. The van der Waals surface area contributed by atoms with Crippen LogP contribution >= 0.6 is 11.6 Å². The molecule has 0 amide bonds. The van der Waals surface area contributed by atoms with Crippen molar-refractivity contribution in [3.8, 4) is 0 Å². The van der Waals surface area contributed by atoms with Crippen molar-refractivity contribution in [2.45, 2.75) is 39.2 Å². The number of aliphatic carboxylic acids is 1. The summed E-state index contributed by atoms with van der Waals surface area (Å²) in [5.41, 5.74) is 1.35. The summed E-state index contributed by atoms with van der Waals surface area (Å²) in [6.45, 7) is 4.93. The molecule has 0 saturated carbocycles. The lowest BCUT2D eigenvalue weighted by molar-refractivity contribution is -0.164. The van der Waals surface area contributed by atoms with E-state index < -0.39 is 29.9 Å². The third kappa shape index (κ3) is 4.20. The van der Waals surface area contributed by atoms with Gasteiger partial charge in [0.2, 0.25) is 0 Å². The van der Waals surface area contributed by atoms with E-state index in [1.165, 1.54) is 7.11 Å². The van der Waals surface area contributed by atoms with Crippen LogP contribution in [-0.4, -0.2) is 36.2 Å². The van der Waals surface area contributed by atoms with Gasteiger partial charge in [-0.1, -0.05) is 36.7 Å². The summed E-state index contributed by atoms with van der Waals surface area (Å²) >= 11 is 6.31. The van der Waals surface area contributed by atoms with E-state index in [2.05, 4.69) is 10.1 Å². The highest BCUT2D eigenvalue weighted by Crippen LogP contribution is 2.41. The van der Waals surface area contributed by atoms with Gasteiger partial charge in [0.05, 0.1) is 24.2 Å². The van der Waals surface area contributed by atoms with Crippen LogP contribution in [0.4, 0.5) is 0 Å². The average molecular weight is 408 g/mol. The molecule has 0 fully saturated rings. The van der Waals surface area contributed by atoms with Crippen LogP contribution in [0.5, 0.6) is 0 Å². The number of dihydropyridines is 1. The van der Waals surface area contributed by atoms with Crippen molar-refractivity contribution < 1.29 is 29.0 Å². The number of halogens is 1. The SMILES string of the molecule is CCC(OC(=O)C1=C(C)NC(C)=C(C(=O)O)C1c1ccccc1Cl)C(=O)OC. The van der Waals surface area contributed by atoms with E-state index >= 15 is 0 Å². The normalized spacial score (nSPS) is 17.7. The van der Waals surface area contributed by atoms with Gasteiger partial charge in [0, 0.05) is 16.4 Å². The topological polar surface area (TPSA) is 102 Å². The van der Waals surface area contributed by atoms with Crippen molar-refractivity contribution in [3.63, 3.8) is 0 Å². The van der Waals surface area contributed by atoms with Gasteiger partial charge in [-0.2, -0.15) is 0 Å². The molecule has 0 aliphatic carbocycles. The molecule has 7 nitrogen and oxygen atoms in total. The molecule has 0 bridgehead atoms. The number of ether oxygens (including phenoxy) is 2. The van der Waals surface area contributed by atoms with E-state index in [0.29, 0.717) is 22.0 Å². The molecule has 28 heavy (non-hydrogen) atoms. The first kappa shape index (κ1) is 21.5. The summed E-state index contributed by atoms with van der Waals surface area (Å²) in [5, 5.41) is 13.0. The fourth-order valence-electron chi connectivity index (χ4n) is 3.19. The second-order valence-corrected chi connectivity index (χ2v) is 6.69. The summed E-state index contributed by atoms with van der Waals surface area (Å²) in [6, 6.07) is 6.70. The van der Waals surface area contributed by atoms with E-state index in [4.69, 9.17) is 16.3 Å². The molecule has 1 aromatic carbocycles. The average Bonchev–Trinajstić information content (AvgIpc) is 2.64. The number of carbonyl (C=O) groups is 3. The maximum Gasteiger partial charge on any atom is 0.347 e. The van der Waals surface area contributed by atoms with Crippen molar-refractivity contribution in [1.29, 1.82) is 0 Å². The summed E-state index contributed by atoms with van der Waals surface area (Å²) in [5.74, 6) is -3.63. The quantitative estimate of drug-likeness (QED) is 0.698. The number of carboxylic acids is 1. The largest absolute Gasteiger partial charge is 0.478 e. The van der Waals surface area contributed by atoms with E-state index in [1.54, 1.807) is 45.0 Å². The van der Waals surface area contributed by atoms with Crippen LogP contribution in [0.25, 0.3) is 0 Å². The number of methoxy groups -OCH3 is 1. The molecule has 0 radical (unpaired) electrons. The van der Waals surface area contributed by atoms with Crippen LogP contribution in [0.1, 0.15) is 38.7 Å². The molecule has 1 aliphatic heterocycles. The second kappa shape index (κ2) is 8.93. The number of esters is 2. The number of benzene rings is 1. The van der Waals surface area contributed by atoms with E-state index in [-0.39, 0.29) is 17.6 Å². The maximum absolute atomic E-state index is 13.0. The zero-order chi connectivity index (χ0) is 21.0. The Morgan fingerprint density at radius 2 is 1.79 bits per heavy atom. The zero-order valence-corrected chi connectivity index (χ0v) is 16.8. The fourth-order valence-corrected chi connectivity index (χ4v) is 3.44. The second-order valence-electron chi connectivity index (χ2n) is 6.29. The molecular formula is C20H22ClNO6. The molecule has 150 valence electrons. The van der Waals surface area contributed by atoms with E-state index in [0.717, 1.165) is 0 Å². The van der Waals surface area contributed by atoms with Crippen LogP contribution in [0.2, 0.25) is 5.02 Å². The van der Waals surface area contributed by atoms with Gasteiger partial charge in [0.15, 0.2) is 6.10 Å². The summed E-state index contributed by atoms with van der Waals surface area (Å²) < 4.78 is 10.0. The highest BCUT2D eigenvalue weighted by Gasteiger charge is 2.39. The number of hydrogen-bond donors (Lipinski definition) is 2. The predicted octanol–water partition coefficient (Wildman–Crippen LogP) is 3.15. The Bertz CT molecular complexity index is 873. The molecular weight excluding hydrogens is 386 g/mol. The minimum Gasteiger partial charge on any atom is -0.478 e. The van der Waals surface area contributed by atoms with Crippen LogP contribution in [-0.2, 0) is 23.9 Å². The standard InChI is InChI=1S/C20H22ClNO6/c1-5-14(19(25)27-4)28-20(26)16-11(3)22-10(2)15(18(23)24)17(16)12-8-6-7-9-13(12)21/h6-9,14,17,22H,5H2,1-4H3,(H,23,24). The minimum absolute atomic E-state index is 0.0169. The zero-order valence-electron chi connectivity index (χ0n) is 16.0. The molecule has 2 unspecified atom stereocenters. The van der Waals surface area contributed by atoms with Crippen LogP contribution < -0.4 is 5.32 Å². The number of rotatable bonds is 6. The molecule has 2 atom stereocenters. The van der Waals surface area contributed by atoms with Crippen LogP contribution in [0.3, 0.4) is 0 Å². The highest BCUT2D eigenvalue weighted by atomic mass is 35.5. The van der Waals surface area contributed by atoms with Gasteiger partial charge in [-0.3, -0.25) is 0 Å². The lowest BCUT2D eigenvalue weighted by Gasteiger charge is -2.30. The minimum atomic E-state index is -1.19. The summed E-state index contributed by atoms with van der Waals surface area (Å²) in [4.78, 5) is 36.8. The first-order chi connectivity index (χ1) is 13.2. The van der Waals surface area contributed by atoms with Crippen LogP contribution in [0.15, 0.2) is 46.8 Å². The Morgan fingerprint density at radius 1 is 1.18 bits per heavy atom. The molecule has 1 heterocycles. The molecule has 0 aromatic heterocycles. The Balaban J connectivity index is 2.57. The third-order valence-corrected chi connectivity index (χ3v) is 4.86. The molecule has 2 N–H and O–H groups in total. The van der Waals surface area contributed by atoms with Gasteiger partial charge >= 0.3 is 17.9 Å². The first-order valence-electron chi connectivity index (χ1n) is 8.67. The van der Waals surface area contributed by atoms with Gasteiger partial charge < -0.3 is 19.9 Å². The Labute approximate surface area is 168 Å². The fraction of sp³-hybridized carbons (Fsp3) is 0.350. The Morgan fingerprint density at radius 3 is 2.32 bits per heavy atom. The number of carbonyl (C=O) groups excluding carboxylic acids is 2. The number of nitrogens with one attached hydrogen (secondary N) is 1. The Kier molecular flexibility index (Phi) is 6.85. The van der Waals surface area contributed by atoms with Gasteiger partial charge in [0.1, 0.15) is 0 Å². The van der Waals surface area contributed by atoms with Gasteiger partial charge in [-0.05, 0) is 31.9 Å². The molecule has 0 saturated heterocycles. The number of allylic oxidation sites excluding steroid dienone is 2. The van der Waals surface area contributed by atoms with Crippen LogP contribution in [0, 0.1) is 0 Å². The molecule has 8 heteroatoms. The molecule has 0 spiro atoms. The Hall–Kier alpha value is -2.80. The maximum atomic E-state index is 13.0. The predicted molar refractivity (Wildman–Crippen MR) is 103 cm³/mol. The monoisotopic (exact) mass is 407 g/mol. The molecule has 1 aliphatic rings. The molecule has 2 rings (SSSR count). The lowest BCUT2D eigenvalue weighted by atomic mass is 9.80. The van der Waals surface area contributed by atoms with Crippen molar-refractivity contribution in [3.05, 3.63) is 57.4 Å². The third-order valence-electron chi connectivity index (χ3n) is 4.51. The first-order valence-corrected chi connectivity index (χ1v) is 9.05. The van der Waals surface area contributed by atoms with E-state index in [1.807, 2.05) is 0 Å². The number of carboxylic acid groups (broad SMARTS) is 1.